The average Bonchev–Trinajstić information content (AvgIpc) is 2.65. The van der Waals surface area contributed by atoms with E-state index in [0.717, 1.165) is 0 Å². The van der Waals surface area contributed by atoms with E-state index in [-0.39, 0.29) is 22.1 Å². The molecule has 11 heteroatoms. The zero-order valence-electron chi connectivity index (χ0n) is 13.9. The lowest BCUT2D eigenvalue weighted by molar-refractivity contribution is 0.0962. The normalized spacial score (nSPS) is 10.4. The van der Waals surface area contributed by atoms with Gasteiger partial charge in [-0.1, -0.05) is 46.4 Å². The lowest BCUT2D eigenvalue weighted by Crippen LogP contribution is -2.30. The molecule has 3 aromatic rings. The third-order valence-corrected chi connectivity index (χ3v) is 4.82. The fourth-order valence-electron chi connectivity index (χ4n) is 2.16. The Morgan fingerprint density at radius 2 is 1.64 bits per heavy atom. The molecule has 28 heavy (non-hydrogen) atoms. The van der Waals surface area contributed by atoms with Gasteiger partial charge in [0.2, 0.25) is 0 Å². The van der Waals surface area contributed by atoms with E-state index in [9.17, 15) is 4.79 Å². The standard InChI is InChI=1S/C17H12Cl4N6O/c18-8-1-3-10(12(20)5-8)17(28)27-26-16-14(22)15(23-7-24-16)25-9-2-4-11(19)13(21)6-9/h1-7H,22H2,(H,27,28)(H2,23,24,25,26). The third-order valence-electron chi connectivity index (χ3n) is 3.54. The lowest BCUT2D eigenvalue weighted by atomic mass is 10.2. The highest BCUT2D eigenvalue weighted by molar-refractivity contribution is 6.42. The van der Waals surface area contributed by atoms with Crippen LogP contribution in [0.5, 0.6) is 0 Å². The Morgan fingerprint density at radius 1 is 0.893 bits per heavy atom. The molecule has 0 aliphatic heterocycles. The molecular weight excluding hydrogens is 446 g/mol. The van der Waals surface area contributed by atoms with Crippen LogP contribution in [-0.4, -0.2) is 15.9 Å². The van der Waals surface area contributed by atoms with Gasteiger partial charge in [-0.3, -0.25) is 15.6 Å². The maximum absolute atomic E-state index is 12.3. The maximum atomic E-state index is 12.3. The zero-order chi connectivity index (χ0) is 20.3. The lowest BCUT2D eigenvalue weighted by Gasteiger charge is -2.14. The Kier molecular flexibility index (Phi) is 6.31. The molecule has 0 aliphatic carbocycles. The van der Waals surface area contributed by atoms with Crippen LogP contribution in [0.2, 0.25) is 20.1 Å². The summed E-state index contributed by atoms with van der Waals surface area (Å²) in [5.41, 5.74) is 12.2. The second-order valence-corrected chi connectivity index (χ2v) is 7.10. The highest BCUT2D eigenvalue weighted by Gasteiger charge is 2.13. The zero-order valence-corrected chi connectivity index (χ0v) is 17.0. The van der Waals surface area contributed by atoms with Crippen molar-refractivity contribution < 1.29 is 4.79 Å². The van der Waals surface area contributed by atoms with Crippen LogP contribution in [0.1, 0.15) is 10.4 Å². The van der Waals surface area contributed by atoms with Crippen molar-refractivity contribution in [1.82, 2.24) is 15.4 Å². The summed E-state index contributed by atoms with van der Waals surface area (Å²) in [5.74, 6) is 0.0179. The minimum Gasteiger partial charge on any atom is -0.393 e. The predicted octanol–water partition coefficient (Wildman–Crippen LogP) is 5.17. The van der Waals surface area contributed by atoms with E-state index in [2.05, 4.69) is 26.1 Å². The number of hydrazine groups is 1. The number of carbonyl (C=O) groups is 1. The molecule has 144 valence electrons. The molecule has 0 aliphatic rings. The van der Waals surface area contributed by atoms with E-state index in [1.165, 1.54) is 18.5 Å². The molecule has 0 unspecified atom stereocenters. The molecule has 0 saturated carbocycles. The van der Waals surface area contributed by atoms with Crippen LogP contribution >= 0.6 is 46.4 Å². The van der Waals surface area contributed by atoms with Gasteiger partial charge < -0.3 is 11.1 Å². The summed E-state index contributed by atoms with van der Waals surface area (Å²) in [5, 5.41) is 4.45. The summed E-state index contributed by atoms with van der Waals surface area (Å²) in [6.45, 7) is 0. The Bertz CT molecular complexity index is 1050. The number of nitrogen functional groups attached to an aromatic ring is 1. The molecule has 3 rings (SSSR count). The highest BCUT2D eigenvalue weighted by Crippen LogP contribution is 2.29. The molecule has 0 spiro atoms. The van der Waals surface area contributed by atoms with Gasteiger partial charge in [-0.05, 0) is 36.4 Å². The number of hydrogen-bond acceptors (Lipinski definition) is 6. The van der Waals surface area contributed by atoms with Gasteiger partial charge in [0.25, 0.3) is 5.91 Å². The number of halogens is 4. The second-order valence-electron chi connectivity index (χ2n) is 5.44. The Labute approximate surface area is 180 Å². The van der Waals surface area contributed by atoms with Gasteiger partial charge >= 0.3 is 0 Å². The number of rotatable bonds is 5. The van der Waals surface area contributed by atoms with Crippen molar-refractivity contribution in [2.24, 2.45) is 0 Å². The van der Waals surface area contributed by atoms with Crippen molar-refractivity contribution in [2.75, 3.05) is 16.5 Å². The number of benzene rings is 2. The maximum Gasteiger partial charge on any atom is 0.271 e. The number of anilines is 4. The van der Waals surface area contributed by atoms with Crippen LogP contribution in [0.3, 0.4) is 0 Å². The number of carbonyl (C=O) groups excluding carboxylic acids is 1. The number of aromatic nitrogens is 2. The minimum atomic E-state index is -0.487. The van der Waals surface area contributed by atoms with Gasteiger partial charge in [0, 0.05) is 10.7 Å². The predicted molar refractivity (Wildman–Crippen MR) is 114 cm³/mol. The molecule has 5 N–H and O–H groups in total. The van der Waals surface area contributed by atoms with Crippen LogP contribution in [0.15, 0.2) is 42.7 Å². The van der Waals surface area contributed by atoms with Crippen LogP contribution < -0.4 is 21.9 Å². The molecule has 1 aromatic heterocycles. The quantitative estimate of drug-likeness (QED) is 0.394. The van der Waals surface area contributed by atoms with E-state index in [4.69, 9.17) is 52.1 Å². The summed E-state index contributed by atoms with van der Waals surface area (Å²) >= 11 is 23.8. The smallest absolute Gasteiger partial charge is 0.271 e. The molecule has 0 bridgehead atoms. The molecule has 0 atom stereocenters. The van der Waals surface area contributed by atoms with Crippen LogP contribution in [0.25, 0.3) is 0 Å². The average molecular weight is 458 g/mol. The van der Waals surface area contributed by atoms with Crippen molar-refractivity contribution in [3.8, 4) is 0 Å². The first kappa shape index (κ1) is 20.3. The summed E-state index contributed by atoms with van der Waals surface area (Å²) in [6.07, 6.45) is 1.28. The van der Waals surface area contributed by atoms with Gasteiger partial charge in [0.15, 0.2) is 11.6 Å². The molecule has 1 amide bonds. The monoisotopic (exact) mass is 456 g/mol. The van der Waals surface area contributed by atoms with Crippen molar-refractivity contribution >= 4 is 75.3 Å². The van der Waals surface area contributed by atoms with E-state index in [0.29, 0.717) is 26.6 Å². The highest BCUT2D eigenvalue weighted by atomic mass is 35.5. The summed E-state index contributed by atoms with van der Waals surface area (Å²) in [4.78, 5) is 20.4. The number of nitrogens with one attached hydrogen (secondary N) is 3. The largest absolute Gasteiger partial charge is 0.393 e. The fraction of sp³-hybridized carbons (Fsp3) is 0. The van der Waals surface area contributed by atoms with Gasteiger partial charge in [0.05, 0.1) is 20.6 Å². The molecular formula is C17H12Cl4N6O. The first-order chi connectivity index (χ1) is 13.3. The van der Waals surface area contributed by atoms with Gasteiger partial charge in [0.1, 0.15) is 12.0 Å². The van der Waals surface area contributed by atoms with Crippen LogP contribution in [0.4, 0.5) is 23.0 Å². The number of nitrogens with zero attached hydrogens (tertiary/aromatic N) is 2. The van der Waals surface area contributed by atoms with E-state index in [1.54, 1.807) is 24.3 Å². The van der Waals surface area contributed by atoms with Gasteiger partial charge in [-0.15, -0.1) is 0 Å². The Hall–Kier alpha value is -2.45. The number of hydrogen-bond donors (Lipinski definition) is 4. The van der Waals surface area contributed by atoms with E-state index < -0.39 is 5.91 Å². The summed E-state index contributed by atoms with van der Waals surface area (Å²) in [6, 6.07) is 9.51. The first-order valence-corrected chi connectivity index (χ1v) is 9.20. The second kappa shape index (κ2) is 8.70. The number of amides is 1. The van der Waals surface area contributed by atoms with Crippen molar-refractivity contribution in [2.45, 2.75) is 0 Å². The van der Waals surface area contributed by atoms with Crippen molar-refractivity contribution in [1.29, 1.82) is 0 Å². The van der Waals surface area contributed by atoms with E-state index in [1.807, 2.05) is 0 Å². The van der Waals surface area contributed by atoms with Gasteiger partial charge in [-0.2, -0.15) is 0 Å². The minimum absolute atomic E-state index is 0.177. The van der Waals surface area contributed by atoms with Gasteiger partial charge in [-0.25, -0.2) is 9.97 Å². The first-order valence-electron chi connectivity index (χ1n) is 7.69. The molecule has 0 saturated heterocycles. The third kappa shape index (κ3) is 4.69. The van der Waals surface area contributed by atoms with Crippen molar-refractivity contribution in [3.63, 3.8) is 0 Å². The molecule has 0 radical (unpaired) electrons. The van der Waals surface area contributed by atoms with Crippen molar-refractivity contribution in [3.05, 3.63) is 68.4 Å². The summed E-state index contributed by atoms with van der Waals surface area (Å²) < 4.78 is 0. The molecule has 1 heterocycles. The number of nitrogens with two attached hydrogens (primary N) is 1. The Balaban J connectivity index is 1.73. The summed E-state index contributed by atoms with van der Waals surface area (Å²) in [7, 11) is 0. The van der Waals surface area contributed by atoms with Crippen LogP contribution in [0, 0.1) is 0 Å². The van der Waals surface area contributed by atoms with Crippen LogP contribution in [-0.2, 0) is 0 Å². The van der Waals surface area contributed by atoms with E-state index >= 15 is 0 Å². The molecule has 0 fully saturated rings. The SMILES string of the molecule is Nc1c(NNC(=O)c2ccc(Cl)cc2Cl)ncnc1Nc1ccc(Cl)c(Cl)c1. The Morgan fingerprint density at radius 3 is 2.36 bits per heavy atom. The molecule has 7 nitrogen and oxygen atoms in total. The molecule has 2 aromatic carbocycles. The fourth-order valence-corrected chi connectivity index (χ4v) is 2.95. The topological polar surface area (TPSA) is 105 Å².